The molecule has 0 amide bonds. The van der Waals surface area contributed by atoms with Crippen LogP contribution in [0.2, 0.25) is 0 Å². The van der Waals surface area contributed by atoms with Gasteiger partial charge in [0.05, 0.1) is 19.8 Å². The molecule has 500 valence electrons. The zero-order valence-corrected chi connectivity index (χ0v) is 62.1. The highest BCUT2D eigenvalue weighted by Crippen LogP contribution is 2.57. The molecule has 0 spiro atoms. The number of alkyl halides is 1. The minimum atomic E-state index is -0.178. The van der Waals surface area contributed by atoms with Crippen LogP contribution in [0, 0.1) is 0 Å². The van der Waals surface area contributed by atoms with Crippen LogP contribution in [-0.2, 0) is 10.8 Å². The third-order valence-corrected chi connectivity index (χ3v) is 21.2. The number of carbonyl (C=O) groups excluding carboxylic acids is 2. The lowest BCUT2D eigenvalue weighted by atomic mass is 9.69. The molecular formula is C91H78Br4O5. The highest BCUT2D eigenvalue weighted by molar-refractivity contribution is 9.11. The van der Waals surface area contributed by atoms with E-state index in [1.54, 1.807) is 24.3 Å². The molecule has 3 unspecified atom stereocenters. The number of rotatable bonds is 23. The summed E-state index contributed by atoms with van der Waals surface area (Å²) in [5.41, 5.74) is 22.6. The Kier molecular flexibility index (Phi) is 24.4. The Balaban J connectivity index is 0.000000133. The number of hydrogen-bond acceptors (Lipinski definition) is 5. The van der Waals surface area contributed by atoms with Crippen molar-refractivity contribution in [3.8, 4) is 50.6 Å². The molecule has 100 heavy (non-hydrogen) atoms. The van der Waals surface area contributed by atoms with Crippen LogP contribution in [0.1, 0.15) is 134 Å². The molecule has 12 aromatic rings. The van der Waals surface area contributed by atoms with Crippen molar-refractivity contribution in [2.45, 2.75) is 68.1 Å². The van der Waals surface area contributed by atoms with E-state index in [4.69, 9.17) is 14.2 Å². The van der Waals surface area contributed by atoms with E-state index in [-0.39, 0.29) is 10.8 Å². The lowest BCUT2D eigenvalue weighted by Crippen LogP contribution is -2.27. The van der Waals surface area contributed by atoms with Gasteiger partial charge < -0.3 is 14.2 Å². The van der Waals surface area contributed by atoms with Crippen molar-refractivity contribution in [2.75, 3.05) is 25.2 Å². The maximum absolute atomic E-state index is 10.8. The van der Waals surface area contributed by atoms with Crippen LogP contribution < -0.4 is 14.2 Å². The van der Waals surface area contributed by atoms with E-state index >= 15 is 0 Å². The first-order valence-corrected chi connectivity index (χ1v) is 37.8. The lowest BCUT2D eigenvalue weighted by molar-refractivity contribution is 0.111. The molecule has 15 rings (SSSR count). The molecule has 3 aliphatic rings. The molecule has 0 N–H and O–H groups in total. The summed E-state index contributed by atoms with van der Waals surface area (Å²) in [6.07, 6.45) is 11.8. The van der Waals surface area contributed by atoms with Crippen LogP contribution in [0.25, 0.3) is 39.5 Å². The van der Waals surface area contributed by atoms with Crippen LogP contribution in [0.15, 0.2) is 311 Å². The Morgan fingerprint density at radius 2 is 0.700 bits per heavy atom. The highest BCUT2D eigenvalue weighted by atomic mass is 79.9. The second-order valence-corrected chi connectivity index (χ2v) is 28.7. The molecule has 3 atom stereocenters. The zero-order valence-electron chi connectivity index (χ0n) is 55.8. The fraction of sp³-hybridized carbons (Fsp3) is 0.165. The quantitative estimate of drug-likeness (QED) is 0.0363. The predicted molar refractivity (Wildman–Crippen MR) is 426 cm³/mol. The van der Waals surface area contributed by atoms with Crippen LogP contribution >= 0.6 is 63.7 Å². The van der Waals surface area contributed by atoms with Gasteiger partial charge in [0.25, 0.3) is 0 Å². The molecule has 0 fully saturated rings. The van der Waals surface area contributed by atoms with Crippen molar-refractivity contribution in [3.05, 3.63) is 378 Å². The van der Waals surface area contributed by atoms with Gasteiger partial charge in [0.1, 0.15) is 29.8 Å². The Morgan fingerprint density at radius 3 is 1.14 bits per heavy atom. The number of benzene rings is 12. The Labute approximate surface area is 622 Å². The molecule has 0 radical (unpaired) electrons. The number of fused-ring (bicyclic) bond motifs is 9. The van der Waals surface area contributed by atoms with Gasteiger partial charge in [-0.1, -0.05) is 270 Å². The van der Waals surface area contributed by atoms with E-state index in [1.165, 1.54) is 83.5 Å². The van der Waals surface area contributed by atoms with Gasteiger partial charge in [-0.3, -0.25) is 9.59 Å². The maximum Gasteiger partial charge on any atom is 0.150 e. The normalized spacial score (nSPS) is 15.2. The molecule has 12 aromatic carbocycles. The summed E-state index contributed by atoms with van der Waals surface area (Å²) < 4.78 is 20.8. The number of ether oxygens (including phenoxy) is 3. The number of carbonyl (C=O) groups is 2. The van der Waals surface area contributed by atoms with Gasteiger partial charge in [-0.2, -0.15) is 0 Å². The summed E-state index contributed by atoms with van der Waals surface area (Å²) >= 11 is 14.4. The first kappa shape index (κ1) is 70.9. The maximum atomic E-state index is 10.8. The lowest BCUT2D eigenvalue weighted by Gasteiger charge is -2.33. The number of aldehydes is 2. The van der Waals surface area contributed by atoms with Crippen molar-refractivity contribution in [1.29, 1.82) is 0 Å². The average molecular weight is 1570 g/mol. The van der Waals surface area contributed by atoms with Crippen molar-refractivity contribution < 1.29 is 23.8 Å². The number of unbranched alkanes of at least 4 members (excludes halogenated alkanes) is 3. The molecule has 0 heterocycles. The summed E-state index contributed by atoms with van der Waals surface area (Å²) in [5, 5.41) is 1.01. The predicted octanol–water partition coefficient (Wildman–Crippen LogP) is 25.1. The third-order valence-electron chi connectivity index (χ3n) is 19.2. The third kappa shape index (κ3) is 16.1. The van der Waals surface area contributed by atoms with Gasteiger partial charge in [-0.05, 0) is 237 Å². The molecule has 5 nitrogen and oxygen atoms in total. The van der Waals surface area contributed by atoms with E-state index in [2.05, 4.69) is 289 Å². The Morgan fingerprint density at radius 1 is 0.340 bits per heavy atom. The van der Waals surface area contributed by atoms with E-state index in [0.717, 1.165) is 112 Å². The topological polar surface area (TPSA) is 61.8 Å². The first-order valence-electron chi connectivity index (χ1n) is 34.3. The zero-order chi connectivity index (χ0) is 69.1. The Bertz CT molecular complexity index is 4490. The minimum absolute atomic E-state index is 0.150. The summed E-state index contributed by atoms with van der Waals surface area (Å²) in [6, 6.07) is 102. The van der Waals surface area contributed by atoms with E-state index in [0.29, 0.717) is 30.3 Å². The minimum Gasteiger partial charge on any atom is -0.494 e. The number of hydrogen-bond donors (Lipinski definition) is 0. The summed E-state index contributed by atoms with van der Waals surface area (Å²) in [5.74, 6) is 2.89. The monoisotopic (exact) mass is 1570 g/mol. The summed E-state index contributed by atoms with van der Waals surface area (Å²) in [4.78, 5) is 21.2. The standard InChI is InChI=1S/C31H27BrO.C30H25BrO2.C19H13Br.C11H13BrO2/c1-2-23-14-17-26(18-15-23)33-21-9-8-20-31(24-10-4-3-5-11-24)29-13-7-6-12-27(29)28-19-16-25(32)22-30(28)31;31-24-14-17-27-26-10-4-5-11-28(26)30(29(27)20-24,23-8-2-1-3-9-23)18-6-7-19-33-25-15-12-22(21-32)13-16-25;20-14-10-11-16-15-8-4-5-9-17(15)19(18(16)12-14)13-6-2-1-3-7-13;12-7-1-2-8-14-11-5-3-10(9-13)4-6-11/h2-7,10-19,22H,1,8-9,20-21H2;1-5,8-17,20-21H,6-7,18-19H2;1-12,19H;3-6,9H,1-2,7-8H2. The second kappa shape index (κ2) is 34.4. The van der Waals surface area contributed by atoms with Crippen molar-refractivity contribution in [2.24, 2.45) is 0 Å². The summed E-state index contributed by atoms with van der Waals surface area (Å²) in [7, 11) is 0. The second-order valence-electron chi connectivity index (χ2n) is 25.2. The van der Waals surface area contributed by atoms with Gasteiger partial charge in [0.15, 0.2) is 0 Å². The molecule has 3 aliphatic carbocycles. The summed E-state index contributed by atoms with van der Waals surface area (Å²) in [6.45, 7) is 5.90. The number of halogens is 4. The molecule has 0 aromatic heterocycles. The molecule has 0 saturated carbocycles. The first-order chi connectivity index (χ1) is 49.1. The van der Waals surface area contributed by atoms with Crippen molar-refractivity contribution in [1.82, 2.24) is 0 Å². The molecular weight excluding hydrogens is 1490 g/mol. The fourth-order valence-electron chi connectivity index (χ4n) is 14.5. The van der Waals surface area contributed by atoms with Crippen molar-refractivity contribution in [3.63, 3.8) is 0 Å². The van der Waals surface area contributed by atoms with Crippen LogP contribution in [0.3, 0.4) is 0 Å². The van der Waals surface area contributed by atoms with Crippen LogP contribution in [-0.4, -0.2) is 37.7 Å². The SMILES string of the molecule is Brc1ccc2c(c1)C(c1ccccc1)c1ccccc1-2.C=Cc1ccc(OCCCCC2(c3ccccc3)c3ccccc3-c3ccc(Br)cc32)cc1.O=Cc1ccc(OCCCCBr)cc1.O=Cc1ccc(OCCCCC2(c3ccccc3)c3ccccc3-c3ccc(Br)cc32)cc1. The van der Waals surface area contributed by atoms with Gasteiger partial charge >= 0.3 is 0 Å². The van der Waals surface area contributed by atoms with Gasteiger partial charge in [0, 0.05) is 46.6 Å². The highest BCUT2D eigenvalue weighted by Gasteiger charge is 2.45. The van der Waals surface area contributed by atoms with Gasteiger partial charge in [-0.15, -0.1) is 0 Å². The van der Waals surface area contributed by atoms with Gasteiger partial charge in [-0.25, -0.2) is 0 Å². The van der Waals surface area contributed by atoms with Crippen LogP contribution in [0.4, 0.5) is 0 Å². The molecule has 0 aliphatic heterocycles. The van der Waals surface area contributed by atoms with E-state index in [1.807, 2.05) is 54.6 Å². The Hall–Kier alpha value is -8.96. The fourth-order valence-corrected chi connectivity index (χ4v) is 16.0. The smallest absolute Gasteiger partial charge is 0.150 e. The average Bonchev–Trinajstić information content (AvgIpc) is 1.57. The molecule has 0 bridgehead atoms. The molecule has 0 saturated heterocycles. The van der Waals surface area contributed by atoms with E-state index < -0.39 is 0 Å². The molecule has 9 heteroatoms. The van der Waals surface area contributed by atoms with E-state index in [9.17, 15) is 9.59 Å². The van der Waals surface area contributed by atoms with Crippen molar-refractivity contribution >= 4 is 82.4 Å². The largest absolute Gasteiger partial charge is 0.494 e. The van der Waals surface area contributed by atoms with Gasteiger partial charge in [0.2, 0.25) is 0 Å². The van der Waals surface area contributed by atoms with Crippen LogP contribution in [0.5, 0.6) is 17.2 Å².